The van der Waals surface area contributed by atoms with E-state index in [1.165, 1.54) is 12.3 Å². The Bertz CT molecular complexity index is 693. The Morgan fingerprint density at radius 2 is 2.00 bits per heavy atom. The molecule has 0 aliphatic carbocycles. The molecule has 106 valence electrons. The van der Waals surface area contributed by atoms with Crippen LogP contribution in [0.4, 0.5) is 5.13 Å². The maximum absolute atomic E-state index is 11.9. The number of hydrogen-bond acceptors (Lipinski definition) is 5. The smallest absolute Gasteiger partial charge is 0.234 e. The Balaban J connectivity index is 1.98. The molecule has 0 fully saturated rings. The van der Waals surface area contributed by atoms with Crippen LogP contribution < -0.4 is 4.72 Å². The number of ketones is 1. The Labute approximate surface area is 121 Å². The summed E-state index contributed by atoms with van der Waals surface area (Å²) in [5.74, 6) is -0.206. The molecule has 0 saturated carbocycles. The van der Waals surface area contributed by atoms with Gasteiger partial charge in [-0.05, 0) is 12.0 Å². The lowest BCUT2D eigenvalue weighted by atomic mass is 10.2. The molecule has 0 aliphatic heterocycles. The van der Waals surface area contributed by atoms with Crippen LogP contribution >= 0.6 is 11.3 Å². The summed E-state index contributed by atoms with van der Waals surface area (Å²) in [5.41, 5.74) is 1.23. The van der Waals surface area contributed by atoms with E-state index in [0.29, 0.717) is 6.42 Å². The van der Waals surface area contributed by atoms with Crippen molar-refractivity contribution in [2.75, 3.05) is 10.5 Å². The minimum absolute atomic E-state index is 0.0218. The summed E-state index contributed by atoms with van der Waals surface area (Å²) in [6.07, 6.45) is 0.432. The topological polar surface area (TPSA) is 76.1 Å². The maximum Gasteiger partial charge on any atom is 0.234 e. The number of hydrogen-bond donors (Lipinski definition) is 1. The number of nitrogens with one attached hydrogen (secondary N) is 1. The molecule has 20 heavy (non-hydrogen) atoms. The molecule has 0 radical (unpaired) electrons. The van der Waals surface area contributed by atoms with E-state index in [0.717, 1.165) is 16.9 Å². The molecule has 0 atom stereocenters. The van der Waals surface area contributed by atoms with E-state index in [9.17, 15) is 13.2 Å². The quantitative estimate of drug-likeness (QED) is 0.831. The van der Waals surface area contributed by atoms with Gasteiger partial charge in [0.1, 0.15) is 5.69 Å². The number of rotatable bonds is 6. The van der Waals surface area contributed by atoms with Crippen LogP contribution in [0.1, 0.15) is 23.0 Å². The standard InChI is InChI=1S/C13H14N2O3S2/c1-10(16)12-9-19-13(14-12)15-20(17,18)8-7-11-5-3-2-4-6-11/h2-6,9H,7-8H2,1H3,(H,14,15). The Hall–Kier alpha value is -1.73. The molecular weight excluding hydrogens is 296 g/mol. The number of sulfonamides is 1. The predicted molar refractivity (Wildman–Crippen MR) is 79.7 cm³/mol. The number of carbonyl (C=O) groups excluding carboxylic acids is 1. The van der Waals surface area contributed by atoms with Gasteiger partial charge in [-0.15, -0.1) is 11.3 Å². The molecule has 0 unspecified atom stereocenters. The van der Waals surface area contributed by atoms with Crippen molar-refractivity contribution in [3.05, 3.63) is 47.0 Å². The van der Waals surface area contributed by atoms with E-state index in [-0.39, 0.29) is 22.4 Å². The largest absolute Gasteiger partial charge is 0.293 e. The van der Waals surface area contributed by atoms with Crippen molar-refractivity contribution >= 4 is 32.3 Å². The number of aromatic nitrogens is 1. The SMILES string of the molecule is CC(=O)c1csc(NS(=O)(=O)CCc2ccccc2)n1. The van der Waals surface area contributed by atoms with E-state index in [1.54, 1.807) is 0 Å². The number of nitrogens with zero attached hydrogens (tertiary/aromatic N) is 1. The summed E-state index contributed by atoms with van der Waals surface area (Å²) in [5, 5.41) is 1.76. The highest BCUT2D eigenvalue weighted by molar-refractivity contribution is 7.92. The summed E-state index contributed by atoms with van der Waals surface area (Å²) in [6.45, 7) is 1.39. The fraction of sp³-hybridized carbons (Fsp3) is 0.231. The second-order valence-corrected chi connectivity index (χ2v) is 6.95. The fourth-order valence-corrected chi connectivity index (χ4v) is 3.65. The first-order valence-corrected chi connectivity index (χ1v) is 8.50. The first-order chi connectivity index (χ1) is 9.46. The highest BCUT2D eigenvalue weighted by Gasteiger charge is 2.14. The third-order valence-corrected chi connectivity index (χ3v) is 4.74. The number of thiazole rings is 1. The Kier molecular flexibility index (Phi) is 4.51. The average molecular weight is 310 g/mol. The van der Waals surface area contributed by atoms with Crippen LogP contribution in [0.2, 0.25) is 0 Å². The van der Waals surface area contributed by atoms with E-state index in [4.69, 9.17) is 0 Å². The molecular formula is C13H14N2O3S2. The number of aryl methyl sites for hydroxylation is 1. The van der Waals surface area contributed by atoms with Crippen molar-refractivity contribution in [3.8, 4) is 0 Å². The summed E-state index contributed by atoms with van der Waals surface area (Å²) in [7, 11) is -3.46. The van der Waals surface area contributed by atoms with Crippen LogP contribution in [0.15, 0.2) is 35.7 Å². The van der Waals surface area contributed by atoms with Gasteiger partial charge in [0.15, 0.2) is 10.9 Å². The number of benzene rings is 1. The van der Waals surface area contributed by atoms with Crippen molar-refractivity contribution in [1.82, 2.24) is 4.98 Å². The summed E-state index contributed by atoms with van der Waals surface area (Å²) in [6, 6.07) is 9.39. The lowest BCUT2D eigenvalue weighted by Crippen LogP contribution is -2.18. The van der Waals surface area contributed by atoms with Gasteiger partial charge in [-0.3, -0.25) is 9.52 Å². The van der Waals surface area contributed by atoms with Crippen molar-refractivity contribution in [1.29, 1.82) is 0 Å². The van der Waals surface area contributed by atoms with E-state index in [1.807, 2.05) is 30.3 Å². The van der Waals surface area contributed by atoms with E-state index in [2.05, 4.69) is 9.71 Å². The minimum Gasteiger partial charge on any atom is -0.293 e. The molecule has 1 aromatic carbocycles. The van der Waals surface area contributed by atoms with Crippen molar-refractivity contribution in [2.24, 2.45) is 0 Å². The molecule has 5 nitrogen and oxygen atoms in total. The monoisotopic (exact) mass is 310 g/mol. The number of Topliss-reactive ketones (excluding diaryl/α,β-unsaturated/α-hetero) is 1. The van der Waals surface area contributed by atoms with Crippen molar-refractivity contribution < 1.29 is 13.2 Å². The summed E-state index contributed by atoms with van der Waals surface area (Å²) in [4.78, 5) is 15.0. The Morgan fingerprint density at radius 3 is 2.60 bits per heavy atom. The van der Waals surface area contributed by atoms with Gasteiger partial charge >= 0.3 is 0 Å². The second kappa shape index (κ2) is 6.15. The van der Waals surface area contributed by atoms with Crippen LogP contribution in [0.3, 0.4) is 0 Å². The van der Waals surface area contributed by atoms with Crippen molar-refractivity contribution in [3.63, 3.8) is 0 Å². The van der Waals surface area contributed by atoms with Gasteiger partial charge in [-0.25, -0.2) is 13.4 Å². The molecule has 7 heteroatoms. The van der Waals surface area contributed by atoms with Gasteiger partial charge in [-0.2, -0.15) is 0 Å². The van der Waals surface area contributed by atoms with Crippen LogP contribution in [0.5, 0.6) is 0 Å². The first-order valence-electron chi connectivity index (χ1n) is 5.97. The van der Waals surface area contributed by atoms with E-state index < -0.39 is 10.0 Å². The van der Waals surface area contributed by atoms with Gasteiger partial charge in [0, 0.05) is 12.3 Å². The molecule has 2 aromatic rings. The first kappa shape index (κ1) is 14.7. The zero-order chi connectivity index (χ0) is 14.6. The Morgan fingerprint density at radius 1 is 1.30 bits per heavy atom. The summed E-state index contributed by atoms with van der Waals surface area (Å²) < 4.78 is 26.2. The van der Waals surface area contributed by atoms with Crippen molar-refractivity contribution in [2.45, 2.75) is 13.3 Å². The third-order valence-electron chi connectivity index (χ3n) is 2.61. The van der Waals surface area contributed by atoms with Gasteiger partial charge in [0.25, 0.3) is 0 Å². The molecule has 0 bridgehead atoms. The molecule has 0 spiro atoms. The third kappa shape index (κ3) is 4.14. The molecule has 1 aromatic heterocycles. The molecule has 2 rings (SSSR count). The van der Waals surface area contributed by atoms with Gasteiger partial charge < -0.3 is 0 Å². The molecule has 1 N–H and O–H groups in total. The molecule has 0 amide bonds. The normalized spacial score (nSPS) is 11.2. The maximum atomic E-state index is 11.9. The van der Waals surface area contributed by atoms with Crippen LogP contribution in [-0.2, 0) is 16.4 Å². The van der Waals surface area contributed by atoms with Crippen LogP contribution in [0, 0.1) is 0 Å². The lowest BCUT2D eigenvalue weighted by molar-refractivity contribution is 0.101. The van der Waals surface area contributed by atoms with Crippen LogP contribution in [0.25, 0.3) is 0 Å². The lowest BCUT2D eigenvalue weighted by Gasteiger charge is -2.05. The predicted octanol–water partition coefficient (Wildman–Crippen LogP) is 2.33. The zero-order valence-corrected chi connectivity index (χ0v) is 12.5. The highest BCUT2D eigenvalue weighted by Crippen LogP contribution is 2.17. The zero-order valence-electron chi connectivity index (χ0n) is 10.9. The molecule has 0 aliphatic rings. The minimum atomic E-state index is -3.46. The molecule has 0 saturated heterocycles. The van der Waals surface area contributed by atoms with Gasteiger partial charge in [0.2, 0.25) is 10.0 Å². The van der Waals surface area contributed by atoms with E-state index >= 15 is 0 Å². The second-order valence-electron chi connectivity index (χ2n) is 4.25. The van der Waals surface area contributed by atoms with Gasteiger partial charge in [0.05, 0.1) is 5.75 Å². The molecule has 1 heterocycles. The highest BCUT2D eigenvalue weighted by atomic mass is 32.2. The summed E-state index contributed by atoms with van der Waals surface area (Å²) >= 11 is 1.10. The van der Waals surface area contributed by atoms with Crippen LogP contribution in [-0.4, -0.2) is 24.9 Å². The fourth-order valence-electron chi connectivity index (χ4n) is 1.56. The number of anilines is 1. The van der Waals surface area contributed by atoms with Gasteiger partial charge in [-0.1, -0.05) is 30.3 Å². The number of carbonyl (C=O) groups is 1. The average Bonchev–Trinajstić information content (AvgIpc) is 2.86.